The number of hydrogen-bond acceptors (Lipinski definition) is 7. The largest absolute Gasteiger partial charge is 0.337 e. The fourth-order valence-electron chi connectivity index (χ4n) is 2.75. The summed E-state index contributed by atoms with van der Waals surface area (Å²) >= 11 is 1.20. The summed E-state index contributed by atoms with van der Waals surface area (Å²) < 4.78 is 5.27. The van der Waals surface area contributed by atoms with Crippen molar-refractivity contribution in [2.45, 2.75) is 13.5 Å². The van der Waals surface area contributed by atoms with Crippen molar-refractivity contribution in [1.29, 1.82) is 0 Å². The second-order valence-electron chi connectivity index (χ2n) is 6.01. The predicted octanol–water partition coefficient (Wildman–Crippen LogP) is 2.62. The molecule has 3 heterocycles. The second-order valence-corrected chi connectivity index (χ2v) is 7.01. The summed E-state index contributed by atoms with van der Waals surface area (Å²) in [6.45, 7) is 1.91. The van der Waals surface area contributed by atoms with Gasteiger partial charge in [0, 0.05) is 12.6 Å². The molecular weight excluding hydrogens is 366 g/mol. The Balaban J connectivity index is 1.57. The molecule has 0 aliphatic heterocycles. The van der Waals surface area contributed by atoms with E-state index in [0.29, 0.717) is 32.4 Å². The molecular formula is C18H15N5O3S. The monoisotopic (exact) mass is 381 g/mol. The molecule has 8 nitrogen and oxygen atoms in total. The fourth-order valence-corrected chi connectivity index (χ4v) is 3.90. The number of thiophene rings is 1. The molecule has 0 saturated heterocycles. The number of aryl methyl sites for hydroxylation is 1. The van der Waals surface area contributed by atoms with Gasteiger partial charge in [-0.25, -0.2) is 4.98 Å². The average Bonchev–Trinajstić information content (AvgIpc) is 3.27. The van der Waals surface area contributed by atoms with Gasteiger partial charge in [0.1, 0.15) is 11.4 Å². The molecule has 9 heteroatoms. The third kappa shape index (κ3) is 3.13. The summed E-state index contributed by atoms with van der Waals surface area (Å²) in [5, 5.41) is 4.41. The maximum Gasteiger partial charge on any atom is 0.264 e. The molecule has 0 bridgehead atoms. The fraction of sp³-hybridized carbons (Fsp3) is 0.167. The second kappa shape index (κ2) is 6.76. The molecule has 0 fully saturated rings. The molecule has 0 aliphatic rings. The SMILES string of the molecule is Cc1c(C(=O)N(C)Cc2nc(-c3ccccc3)no2)sc2nc[nH]c(=O)c12. The number of rotatable bonds is 4. The van der Waals surface area contributed by atoms with Crippen molar-refractivity contribution in [2.24, 2.45) is 0 Å². The Bertz CT molecular complexity index is 1180. The van der Waals surface area contributed by atoms with Crippen LogP contribution < -0.4 is 5.56 Å². The van der Waals surface area contributed by atoms with Crippen molar-refractivity contribution in [3.8, 4) is 11.4 Å². The maximum atomic E-state index is 12.8. The van der Waals surface area contributed by atoms with Gasteiger partial charge in [-0.15, -0.1) is 11.3 Å². The Morgan fingerprint density at radius 2 is 2.07 bits per heavy atom. The van der Waals surface area contributed by atoms with E-state index in [1.54, 1.807) is 14.0 Å². The van der Waals surface area contributed by atoms with E-state index in [2.05, 4.69) is 20.1 Å². The highest BCUT2D eigenvalue weighted by Crippen LogP contribution is 2.27. The van der Waals surface area contributed by atoms with Crippen LogP contribution in [-0.4, -0.2) is 38.0 Å². The van der Waals surface area contributed by atoms with E-state index in [1.165, 1.54) is 22.6 Å². The Morgan fingerprint density at radius 3 is 2.81 bits per heavy atom. The minimum atomic E-state index is -0.250. The standard InChI is InChI=1S/C18H15N5O3S/c1-10-13-16(24)19-9-20-17(13)27-14(10)18(25)23(2)8-12-21-15(22-26-12)11-6-4-3-5-7-11/h3-7,9H,8H2,1-2H3,(H,19,20,24). The van der Waals surface area contributed by atoms with Crippen molar-refractivity contribution < 1.29 is 9.32 Å². The normalized spacial score (nSPS) is 11.0. The van der Waals surface area contributed by atoms with E-state index in [4.69, 9.17) is 4.52 Å². The van der Waals surface area contributed by atoms with Gasteiger partial charge >= 0.3 is 0 Å². The van der Waals surface area contributed by atoms with E-state index in [0.717, 1.165) is 5.56 Å². The highest BCUT2D eigenvalue weighted by Gasteiger charge is 2.22. The average molecular weight is 381 g/mol. The molecule has 0 saturated carbocycles. The first-order valence-electron chi connectivity index (χ1n) is 8.15. The Hall–Kier alpha value is -3.33. The molecule has 1 amide bonds. The number of H-pyrrole nitrogens is 1. The van der Waals surface area contributed by atoms with Gasteiger partial charge in [-0.05, 0) is 12.5 Å². The van der Waals surface area contributed by atoms with E-state index < -0.39 is 0 Å². The van der Waals surface area contributed by atoms with Gasteiger partial charge in [-0.3, -0.25) is 9.59 Å². The Labute approximate surface area is 157 Å². The zero-order valence-electron chi connectivity index (χ0n) is 14.6. The van der Waals surface area contributed by atoms with Crippen LogP contribution in [0.15, 0.2) is 46.0 Å². The van der Waals surface area contributed by atoms with Gasteiger partial charge in [0.05, 0.1) is 16.6 Å². The summed E-state index contributed by atoms with van der Waals surface area (Å²) in [4.78, 5) is 38.3. The van der Waals surface area contributed by atoms with Crippen molar-refractivity contribution >= 4 is 27.5 Å². The van der Waals surface area contributed by atoms with Gasteiger partial charge in [-0.1, -0.05) is 35.5 Å². The number of aromatic nitrogens is 4. The lowest BCUT2D eigenvalue weighted by Crippen LogP contribution is -2.26. The van der Waals surface area contributed by atoms with Crippen LogP contribution in [0.3, 0.4) is 0 Å². The summed E-state index contributed by atoms with van der Waals surface area (Å²) in [5.41, 5.74) is 1.21. The van der Waals surface area contributed by atoms with Crippen LogP contribution in [-0.2, 0) is 6.54 Å². The number of aromatic amines is 1. The topological polar surface area (TPSA) is 105 Å². The van der Waals surface area contributed by atoms with Gasteiger partial charge in [0.15, 0.2) is 0 Å². The number of benzene rings is 1. The Morgan fingerprint density at radius 1 is 1.30 bits per heavy atom. The van der Waals surface area contributed by atoms with E-state index >= 15 is 0 Å². The van der Waals surface area contributed by atoms with Gasteiger partial charge in [-0.2, -0.15) is 4.98 Å². The van der Waals surface area contributed by atoms with Crippen LogP contribution in [0.25, 0.3) is 21.6 Å². The van der Waals surface area contributed by atoms with Crippen molar-refractivity contribution in [3.05, 3.63) is 63.3 Å². The lowest BCUT2D eigenvalue weighted by atomic mass is 10.2. The Kier molecular flexibility index (Phi) is 4.28. The van der Waals surface area contributed by atoms with Crippen LogP contribution in [0, 0.1) is 6.92 Å². The number of fused-ring (bicyclic) bond motifs is 1. The minimum Gasteiger partial charge on any atom is -0.337 e. The number of nitrogens with zero attached hydrogens (tertiary/aromatic N) is 4. The first kappa shape index (κ1) is 17.1. The van der Waals surface area contributed by atoms with Gasteiger partial charge < -0.3 is 14.4 Å². The van der Waals surface area contributed by atoms with Crippen molar-refractivity contribution in [1.82, 2.24) is 25.0 Å². The lowest BCUT2D eigenvalue weighted by Gasteiger charge is -2.13. The van der Waals surface area contributed by atoms with Crippen molar-refractivity contribution in [3.63, 3.8) is 0 Å². The smallest absolute Gasteiger partial charge is 0.264 e. The molecule has 136 valence electrons. The van der Waals surface area contributed by atoms with E-state index in [1.807, 2.05) is 30.3 Å². The first-order chi connectivity index (χ1) is 13.0. The highest BCUT2D eigenvalue weighted by molar-refractivity contribution is 7.20. The van der Waals surface area contributed by atoms with E-state index in [-0.39, 0.29) is 18.0 Å². The van der Waals surface area contributed by atoms with Gasteiger partial charge in [0.25, 0.3) is 11.5 Å². The molecule has 0 aliphatic carbocycles. The zero-order chi connectivity index (χ0) is 19.0. The number of carbonyl (C=O) groups is 1. The third-order valence-corrected chi connectivity index (χ3v) is 5.33. The maximum absolute atomic E-state index is 12.8. The third-order valence-electron chi connectivity index (χ3n) is 4.15. The van der Waals surface area contributed by atoms with E-state index in [9.17, 15) is 9.59 Å². The molecule has 1 aromatic carbocycles. The molecule has 4 rings (SSSR count). The molecule has 4 aromatic rings. The number of amides is 1. The summed E-state index contributed by atoms with van der Waals surface area (Å²) in [6.07, 6.45) is 1.34. The summed E-state index contributed by atoms with van der Waals surface area (Å²) in [5.74, 6) is 0.578. The molecule has 1 N–H and O–H groups in total. The molecule has 27 heavy (non-hydrogen) atoms. The highest BCUT2D eigenvalue weighted by atomic mass is 32.1. The molecule has 0 unspecified atom stereocenters. The molecule has 0 radical (unpaired) electrons. The summed E-state index contributed by atoms with van der Waals surface area (Å²) in [6, 6.07) is 9.45. The van der Waals surface area contributed by atoms with Crippen LogP contribution in [0.5, 0.6) is 0 Å². The molecule has 0 spiro atoms. The zero-order valence-corrected chi connectivity index (χ0v) is 15.4. The predicted molar refractivity (Wildman–Crippen MR) is 101 cm³/mol. The molecule has 0 atom stereocenters. The summed E-state index contributed by atoms with van der Waals surface area (Å²) in [7, 11) is 1.65. The first-order valence-corrected chi connectivity index (χ1v) is 8.96. The van der Waals surface area contributed by atoms with Gasteiger partial charge in [0.2, 0.25) is 11.7 Å². The lowest BCUT2D eigenvalue weighted by molar-refractivity contribution is 0.0774. The number of hydrogen-bond donors (Lipinski definition) is 1. The number of carbonyl (C=O) groups excluding carboxylic acids is 1. The van der Waals surface area contributed by atoms with Crippen LogP contribution >= 0.6 is 11.3 Å². The number of nitrogens with one attached hydrogen (secondary N) is 1. The van der Waals surface area contributed by atoms with Crippen molar-refractivity contribution in [2.75, 3.05) is 7.05 Å². The molecule has 3 aromatic heterocycles. The van der Waals surface area contributed by atoms with Crippen LogP contribution in [0.2, 0.25) is 0 Å². The minimum absolute atomic E-state index is 0.163. The van der Waals surface area contributed by atoms with Crippen LogP contribution in [0.4, 0.5) is 0 Å². The van der Waals surface area contributed by atoms with Crippen LogP contribution in [0.1, 0.15) is 21.1 Å². The quantitative estimate of drug-likeness (QED) is 0.583.